The van der Waals surface area contributed by atoms with E-state index < -0.39 is 0 Å². The van der Waals surface area contributed by atoms with Gasteiger partial charge >= 0.3 is 0 Å². The Balaban J connectivity index is 1.70. The molecule has 4 heteroatoms. The summed E-state index contributed by atoms with van der Waals surface area (Å²) in [6, 6.07) is 8.49. The Bertz CT molecular complexity index is 482. The molecular weight excluding hydrogens is 250 g/mol. The fourth-order valence-electron chi connectivity index (χ4n) is 3.24. The van der Waals surface area contributed by atoms with Crippen molar-refractivity contribution in [3.63, 3.8) is 0 Å². The number of nitrogens with zero attached hydrogens (tertiary/aromatic N) is 1. The van der Waals surface area contributed by atoms with Gasteiger partial charge in [-0.3, -0.25) is 4.79 Å². The number of hydrogen-bond acceptors (Lipinski definition) is 3. The predicted octanol–water partition coefficient (Wildman–Crippen LogP) is 2.37. The molecule has 1 saturated carbocycles. The Morgan fingerprint density at radius 1 is 1.35 bits per heavy atom. The first-order valence-electron chi connectivity index (χ1n) is 7.65. The summed E-state index contributed by atoms with van der Waals surface area (Å²) in [4.78, 5) is 14.6. The lowest BCUT2D eigenvalue weighted by Gasteiger charge is -2.36. The zero-order chi connectivity index (χ0) is 13.9. The van der Waals surface area contributed by atoms with Gasteiger partial charge in [0.05, 0.1) is 11.4 Å². The smallest absolute Gasteiger partial charge is 0.242 e. The average molecular weight is 273 g/mol. The van der Waals surface area contributed by atoms with Crippen LogP contribution in [0.1, 0.15) is 32.6 Å². The van der Waals surface area contributed by atoms with Crippen molar-refractivity contribution >= 4 is 17.3 Å². The van der Waals surface area contributed by atoms with E-state index in [1.807, 2.05) is 19.1 Å². The predicted molar refractivity (Wildman–Crippen MR) is 82.1 cm³/mol. The second-order valence-corrected chi connectivity index (χ2v) is 5.80. The molecule has 1 heterocycles. The molecule has 0 bridgehead atoms. The number of carbonyl (C=O) groups is 1. The Labute approximate surface area is 120 Å². The largest absolute Gasteiger partial charge is 0.382 e. The molecule has 1 aromatic rings. The van der Waals surface area contributed by atoms with Gasteiger partial charge in [-0.05, 0) is 31.9 Å². The zero-order valence-corrected chi connectivity index (χ0v) is 12.1. The van der Waals surface area contributed by atoms with E-state index in [9.17, 15) is 4.79 Å². The van der Waals surface area contributed by atoms with Crippen molar-refractivity contribution < 1.29 is 4.79 Å². The molecule has 1 aliphatic heterocycles. The van der Waals surface area contributed by atoms with E-state index in [4.69, 9.17) is 0 Å². The molecule has 0 saturated heterocycles. The first-order chi connectivity index (χ1) is 9.75. The topological polar surface area (TPSA) is 44.4 Å². The van der Waals surface area contributed by atoms with Gasteiger partial charge < -0.3 is 15.5 Å². The van der Waals surface area contributed by atoms with Crippen LogP contribution in [0.25, 0.3) is 0 Å². The minimum atomic E-state index is -0.112. The molecular formula is C16H23N3O. The minimum Gasteiger partial charge on any atom is -0.382 e. The summed E-state index contributed by atoms with van der Waals surface area (Å²) in [5.74, 6) is 0.161. The molecule has 2 N–H and O–H groups in total. The van der Waals surface area contributed by atoms with Crippen LogP contribution in [-0.2, 0) is 4.79 Å². The fourth-order valence-corrected chi connectivity index (χ4v) is 3.24. The van der Waals surface area contributed by atoms with Crippen molar-refractivity contribution in [2.75, 3.05) is 23.3 Å². The van der Waals surface area contributed by atoms with Crippen LogP contribution in [-0.4, -0.2) is 31.1 Å². The fraction of sp³-hybridized carbons (Fsp3) is 0.562. The molecule has 0 spiro atoms. The summed E-state index contributed by atoms with van der Waals surface area (Å²) in [5.41, 5.74) is 2.26. The van der Waals surface area contributed by atoms with E-state index in [2.05, 4.69) is 27.7 Å². The van der Waals surface area contributed by atoms with E-state index in [0.29, 0.717) is 6.04 Å². The van der Waals surface area contributed by atoms with E-state index in [1.165, 1.54) is 12.8 Å². The lowest BCUT2D eigenvalue weighted by molar-refractivity contribution is -0.122. The number of fused-ring (bicyclic) bond motifs is 1. The molecule has 0 aromatic heterocycles. The van der Waals surface area contributed by atoms with Crippen LogP contribution in [0, 0.1) is 0 Å². The molecule has 2 aliphatic rings. The van der Waals surface area contributed by atoms with Gasteiger partial charge in [0.2, 0.25) is 5.91 Å². The normalized spacial score (nSPS) is 20.1. The summed E-state index contributed by atoms with van der Waals surface area (Å²) < 4.78 is 0. The second-order valence-electron chi connectivity index (χ2n) is 5.80. The minimum absolute atomic E-state index is 0.112. The van der Waals surface area contributed by atoms with E-state index in [-0.39, 0.29) is 11.9 Å². The Kier molecular flexibility index (Phi) is 3.81. The maximum Gasteiger partial charge on any atom is 0.242 e. The van der Waals surface area contributed by atoms with Gasteiger partial charge in [-0.2, -0.15) is 0 Å². The first-order valence-corrected chi connectivity index (χ1v) is 7.65. The Hall–Kier alpha value is -1.71. The molecule has 20 heavy (non-hydrogen) atoms. The van der Waals surface area contributed by atoms with E-state index in [0.717, 1.165) is 37.3 Å². The second kappa shape index (κ2) is 5.73. The van der Waals surface area contributed by atoms with Crippen LogP contribution in [0.4, 0.5) is 11.4 Å². The van der Waals surface area contributed by atoms with Crippen molar-refractivity contribution in [2.45, 2.75) is 44.7 Å². The van der Waals surface area contributed by atoms with E-state index >= 15 is 0 Å². The van der Waals surface area contributed by atoms with Crippen molar-refractivity contribution in [1.82, 2.24) is 5.32 Å². The molecule has 1 fully saturated rings. The number of hydrogen-bond donors (Lipinski definition) is 2. The highest BCUT2D eigenvalue weighted by molar-refractivity contribution is 5.87. The number of nitrogens with one attached hydrogen (secondary N) is 2. The first kappa shape index (κ1) is 13.3. The highest BCUT2D eigenvalue weighted by Crippen LogP contribution is 2.30. The number of amides is 1. The number of benzene rings is 1. The van der Waals surface area contributed by atoms with Gasteiger partial charge in [-0.1, -0.05) is 25.0 Å². The zero-order valence-electron chi connectivity index (χ0n) is 12.1. The van der Waals surface area contributed by atoms with Crippen LogP contribution in [0.3, 0.4) is 0 Å². The van der Waals surface area contributed by atoms with Crippen LogP contribution in [0.15, 0.2) is 24.3 Å². The number of rotatable bonds is 3. The maximum absolute atomic E-state index is 12.4. The van der Waals surface area contributed by atoms with E-state index in [1.54, 1.807) is 0 Å². The van der Waals surface area contributed by atoms with Gasteiger partial charge in [0, 0.05) is 19.1 Å². The molecule has 0 radical (unpaired) electrons. The standard InChI is InChI=1S/C16H23N3O/c1-12(16(20)18-13-6-2-3-7-13)19-11-10-17-14-8-4-5-9-15(14)19/h4-5,8-9,12-13,17H,2-3,6-7,10-11H2,1H3,(H,18,20). The quantitative estimate of drug-likeness (QED) is 0.888. The van der Waals surface area contributed by atoms with Crippen LogP contribution in [0.2, 0.25) is 0 Å². The summed E-state index contributed by atoms with van der Waals surface area (Å²) in [6.45, 7) is 3.76. The van der Waals surface area contributed by atoms with Gasteiger partial charge in [0.15, 0.2) is 0 Å². The Morgan fingerprint density at radius 2 is 2.10 bits per heavy atom. The molecule has 1 atom stereocenters. The van der Waals surface area contributed by atoms with Crippen LogP contribution < -0.4 is 15.5 Å². The van der Waals surface area contributed by atoms with Crippen molar-refractivity contribution in [2.24, 2.45) is 0 Å². The van der Waals surface area contributed by atoms with Gasteiger partial charge in [0.25, 0.3) is 0 Å². The average Bonchev–Trinajstić information content (AvgIpc) is 2.99. The highest BCUT2D eigenvalue weighted by Gasteiger charge is 2.27. The molecule has 4 nitrogen and oxygen atoms in total. The summed E-state index contributed by atoms with van der Waals surface area (Å²) in [6.07, 6.45) is 4.76. The van der Waals surface area contributed by atoms with Gasteiger partial charge in [0.1, 0.15) is 6.04 Å². The SMILES string of the molecule is CC(C(=O)NC1CCCC1)N1CCNc2ccccc21. The lowest BCUT2D eigenvalue weighted by atomic mass is 10.1. The molecule has 1 amide bonds. The maximum atomic E-state index is 12.4. The molecule has 1 unspecified atom stereocenters. The molecule has 1 aliphatic carbocycles. The number of para-hydroxylation sites is 2. The molecule has 108 valence electrons. The third-order valence-corrected chi connectivity index (χ3v) is 4.43. The van der Waals surface area contributed by atoms with Crippen LogP contribution >= 0.6 is 0 Å². The third-order valence-electron chi connectivity index (χ3n) is 4.43. The third kappa shape index (κ3) is 2.60. The van der Waals surface area contributed by atoms with Gasteiger partial charge in [-0.25, -0.2) is 0 Å². The van der Waals surface area contributed by atoms with Crippen molar-refractivity contribution in [3.8, 4) is 0 Å². The summed E-state index contributed by atoms with van der Waals surface area (Å²) in [7, 11) is 0. The van der Waals surface area contributed by atoms with Crippen molar-refractivity contribution in [3.05, 3.63) is 24.3 Å². The number of anilines is 2. The Morgan fingerprint density at radius 3 is 2.90 bits per heavy atom. The van der Waals surface area contributed by atoms with Gasteiger partial charge in [-0.15, -0.1) is 0 Å². The summed E-state index contributed by atoms with van der Waals surface area (Å²) in [5, 5.41) is 6.59. The summed E-state index contributed by atoms with van der Waals surface area (Å²) >= 11 is 0. The monoisotopic (exact) mass is 273 g/mol. The van der Waals surface area contributed by atoms with Crippen LogP contribution in [0.5, 0.6) is 0 Å². The highest BCUT2D eigenvalue weighted by atomic mass is 16.2. The lowest BCUT2D eigenvalue weighted by Crippen LogP contribution is -2.50. The molecule has 3 rings (SSSR count). The number of carbonyl (C=O) groups excluding carboxylic acids is 1. The van der Waals surface area contributed by atoms with Crippen molar-refractivity contribution in [1.29, 1.82) is 0 Å². The molecule has 1 aromatic carbocycles.